The molecule has 0 saturated heterocycles. The second-order valence-corrected chi connectivity index (χ2v) is 18.6. The fourth-order valence-electron chi connectivity index (χ4n) is 8.34. The van der Waals surface area contributed by atoms with Crippen molar-refractivity contribution >= 4 is 11.9 Å². The van der Waals surface area contributed by atoms with Gasteiger partial charge in [-0.25, -0.2) is 0 Å². The highest BCUT2D eigenvalue weighted by atomic mass is 16.5. The van der Waals surface area contributed by atoms with E-state index in [9.17, 15) is 19.8 Å². The molecule has 2 atom stereocenters. The minimum Gasteiger partial charge on any atom is -0.466 e. The third kappa shape index (κ3) is 47.7. The third-order valence-corrected chi connectivity index (χ3v) is 12.5. The van der Waals surface area contributed by atoms with Crippen LogP contribution in [0.1, 0.15) is 290 Å². The SMILES string of the molecule is CCCCCCCCCCCCCCCCCCCCC(=O)OCCCCC/C=C\C=C/CCCCCCCCC(=O)NC(CO)C(O)CCCCCCCCCCCCC. The molecule has 0 aromatic carbocycles. The minimum absolute atomic E-state index is 0.0175. The number of rotatable bonds is 50. The number of hydrogen-bond donors (Lipinski definition) is 3. The Balaban J connectivity index is 3.48. The molecule has 0 bridgehead atoms. The zero-order valence-electron chi connectivity index (χ0n) is 40.9. The molecule has 6 heteroatoms. The first-order valence-electron chi connectivity index (χ1n) is 27.1. The molecule has 0 spiro atoms. The van der Waals surface area contributed by atoms with Crippen molar-refractivity contribution in [2.24, 2.45) is 0 Å². The molecule has 3 N–H and O–H groups in total. The number of esters is 1. The van der Waals surface area contributed by atoms with Crippen molar-refractivity contribution in [2.75, 3.05) is 13.2 Å². The molecule has 0 radical (unpaired) electrons. The zero-order chi connectivity index (χ0) is 44.4. The molecule has 0 aliphatic rings. The van der Waals surface area contributed by atoms with Gasteiger partial charge in [0.05, 0.1) is 25.4 Å². The van der Waals surface area contributed by atoms with Crippen LogP contribution in [0, 0.1) is 0 Å². The summed E-state index contributed by atoms with van der Waals surface area (Å²) >= 11 is 0. The lowest BCUT2D eigenvalue weighted by Gasteiger charge is -2.22. The fourth-order valence-corrected chi connectivity index (χ4v) is 8.34. The van der Waals surface area contributed by atoms with Crippen LogP contribution in [-0.4, -0.2) is 47.4 Å². The molecule has 0 aliphatic heterocycles. The Bertz CT molecular complexity index is 951. The highest BCUT2D eigenvalue weighted by Gasteiger charge is 2.20. The van der Waals surface area contributed by atoms with Gasteiger partial charge in [0.1, 0.15) is 0 Å². The summed E-state index contributed by atoms with van der Waals surface area (Å²) in [5.41, 5.74) is 0. The number of unbranched alkanes of at least 4 members (excludes halogenated alkanes) is 36. The Hall–Kier alpha value is -1.66. The van der Waals surface area contributed by atoms with Crippen LogP contribution in [-0.2, 0) is 14.3 Å². The van der Waals surface area contributed by atoms with Crippen LogP contribution in [0.25, 0.3) is 0 Å². The standard InChI is InChI=1S/C55H105NO5/c1-3-5-7-9-11-13-15-16-17-18-19-22-25-29-33-37-41-45-49-55(60)61-50-46-42-38-34-30-26-23-20-21-24-28-32-36-40-44-48-54(59)56-52(51-57)53(58)47-43-39-35-31-27-14-12-10-8-6-4-2/h20,23,26,30,52-53,57-58H,3-19,21-22,24-25,27-29,31-51H2,1-2H3,(H,56,59)/b23-20-,30-26-. The van der Waals surface area contributed by atoms with Crippen molar-refractivity contribution in [1.29, 1.82) is 0 Å². The average molecular weight is 860 g/mol. The van der Waals surface area contributed by atoms with Crippen LogP contribution in [0.4, 0.5) is 0 Å². The fraction of sp³-hybridized carbons (Fsp3) is 0.891. The van der Waals surface area contributed by atoms with Crippen molar-refractivity contribution < 1.29 is 24.5 Å². The van der Waals surface area contributed by atoms with Crippen LogP contribution < -0.4 is 5.32 Å². The first-order chi connectivity index (χ1) is 30.0. The topological polar surface area (TPSA) is 95.9 Å². The van der Waals surface area contributed by atoms with Gasteiger partial charge in [-0.1, -0.05) is 244 Å². The second-order valence-electron chi connectivity index (χ2n) is 18.6. The highest BCUT2D eigenvalue weighted by Crippen LogP contribution is 2.17. The van der Waals surface area contributed by atoms with Gasteiger partial charge in [0.15, 0.2) is 0 Å². The number of carbonyl (C=O) groups excluding carboxylic acids is 2. The molecule has 1 amide bonds. The number of allylic oxidation sites excluding steroid dienone is 4. The second kappa shape index (κ2) is 51.0. The molecule has 0 aliphatic carbocycles. The normalized spacial score (nSPS) is 12.8. The summed E-state index contributed by atoms with van der Waals surface area (Å²) in [7, 11) is 0. The number of carbonyl (C=O) groups is 2. The van der Waals surface area contributed by atoms with Gasteiger partial charge in [0.25, 0.3) is 0 Å². The van der Waals surface area contributed by atoms with E-state index in [1.165, 1.54) is 180 Å². The van der Waals surface area contributed by atoms with Gasteiger partial charge < -0.3 is 20.3 Å². The molecule has 0 rings (SSSR count). The van der Waals surface area contributed by atoms with E-state index in [2.05, 4.69) is 43.5 Å². The molecule has 2 unspecified atom stereocenters. The average Bonchev–Trinajstić information content (AvgIpc) is 3.26. The van der Waals surface area contributed by atoms with E-state index in [1.54, 1.807) is 0 Å². The van der Waals surface area contributed by atoms with Crippen molar-refractivity contribution in [1.82, 2.24) is 5.32 Å². The van der Waals surface area contributed by atoms with Gasteiger partial charge in [0.2, 0.25) is 5.91 Å². The smallest absolute Gasteiger partial charge is 0.305 e. The molecule has 6 nitrogen and oxygen atoms in total. The molecule has 61 heavy (non-hydrogen) atoms. The summed E-state index contributed by atoms with van der Waals surface area (Å²) < 4.78 is 5.46. The van der Waals surface area contributed by atoms with E-state index in [1.807, 2.05) is 0 Å². The van der Waals surface area contributed by atoms with E-state index in [0.717, 1.165) is 77.0 Å². The van der Waals surface area contributed by atoms with E-state index in [-0.39, 0.29) is 18.5 Å². The van der Waals surface area contributed by atoms with Gasteiger partial charge in [0, 0.05) is 12.8 Å². The maximum Gasteiger partial charge on any atom is 0.305 e. The molecular weight excluding hydrogens is 755 g/mol. The van der Waals surface area contributed by atoms with Gasteiger partial charge in [-0.2, -0.15) is 0 Å². The van der Waals surface area contributed by atoms with Gasteiger partial charge in [-0.15, -0.1) is 0 Å². The maximum atomic E-state index is 12.4. The van der Waals surface area contributed by atoms with Crippen LogP contribution in [0.3, 0.4) is 0 Å². The van der Waals surface area contributed by atoms with Gasteiger partial charge >= 0.3 is 5.97 Å². The van der Waals surface area contributed by atoms with E-state index >= 15 is 0 Å². The number of ether oxygens (including phenoxy) is 1. The predicted octanol–water partition coefficient (Wildman–Crippen LogP) is 16.3. The number of aliphatic hydroxyl groups excluding tert-OH is 2. The molecule has 0 aromatic heterocycles. The van der Waals surface area contributed by atoms with E-state index in [4.69, 9.17) is 4.74 Å². The highest BCUT2D eigenvalue weighted by molar-refractivity contribution is 5.76. The Morgan fingerprint density at radius 2 is 0.803 bits per heavy atom. The third-order valence-electron chi connectivity index (χ3n) is 12.5. The Kier molecular flexibility index (Phi) is 49.6. The summed E-state index contributed by atoms with van der Waals surface area (Å²) in [5, 5.41) is 23.1. The largest absolute Gasteiger partial charge is 0.466 e. The summed E-state index contributed by atoms with van der Waals surface area (Å²) in [5.74, 6) is -0.0758. The zero-order valence-corrected chi connectivity index (χ0v) is 40.9. The number of hydrogen-bond acceptors (Lipinski definition) is 5. The van der Waals surface area contributed by atoms with Crippen LogP contribution in [0.2, 0.25) is 0 Å². The summed E-state index contributed by atoms with van der Waals surface area (Å²) in [4.78, 5) is 24.5. The minimum atomic E-state index is -0.676. The maximum absolute atomic E-state index is 12.4. The summed E-state index contributed by atoms with van der Waals surface area (Å²) in [6.07, 6.45) is 60.2. The number of nitrogens with one attached hydrogen (secondary N) is 1. The van der Waals surface area contributed by atoms with Crippen molar-refractivity contribution in [3.8, 4) is 0 Å². The Labute approximate surface area is 380 Å². The quantitative estimate of drug-likeness (QED) is 0.0322. The molecule has 0 heterocycles. The Morgan fingerprint density at radius 1 is 0.459 bits per heavy atom. The molecule has 360 valence electrons. The van der Waals surface area contributed by atoms with Gasteiger partial charge in [-0.05, 0) is 57.8 Å². The monoisotopic (exact) mass is 860 g/mol. The van der Waals surface area contributed by atoms with Crippen LogP contribution in [0.15, 0.2) is 24.3 Å². The van der Waals surface area contributed by atoms with E-state index in [0.29, 0.717) is 25.9 Å². The lowest BCUT2D eigenvalue weighted by atomic mass is 10.0. The van der Waals surface area contributed by atoms with Crippen molar-refractivity contribution in [3.63, 3.8) is 0 Å². The molecular formula is C55H105NO5. The molecule has 0 saturated carbocycles. The first-order valence-corrected chi connectivity index (χ1v) is 27.1. The predicted molar refractivity (Wildman–Crippen MR) is 264 cm³/mol. The van der Waals surface area contributed by atoms with Crippen molar-refractivity contribution in [2.45, 2.75) is 302 Å². The summed E-state index contributed by atoms with van der Waals surface area (Å²) in [6.45, 7) is 4.89. The summed E-state index contributed by atoms with van der Waals surface area (Å²) in [6, 6.07) is -0.556. The molecule has 0 fully saturated rings. The molecule has 0 aromatic rings. The van der Waals surface area contributed by atoms with Gasteiger partial charge in [-0.3, -0.25) is 9.59 Å². The number of amides is 1. The van der Waals surface area contributed by atoms with Crippen molar-refractivity contribution in [3.05, 3.63) is 24.3 Å². The number of aliphatic hydroxyl groups is 2. The van der Waals surface area contributed by atoms with E-state index < -0.39 is 12.1 Å². The lowest BCUT2D eigenvalue weighted by molar-refractivity contribution is -0.143. The first kappa shape index (κ1) is 59.3. The Morgan fingerprint density at radius 3 is 1.21 bits per heavy atom. The van der Waals surface area contributed by atoms with Crippen LogP contribution >= 0.6 is 0 Å². The lowest BCUT2D eigenvalue weighted by Crippen LogP contribution is -2.45. The van der Waals surface area contributed by atoms with Crippen LogP contribution in [0.5, 0.6) is 0 Å².